The fourth-order valence-corrected chi connectivity index (χ4v) is 5.69. The third-order valence-electron chi connectivity index (χ3n) is 6.08. The number of esters is 1. The summed E-state index contributed by atoms with van der Waals surface area (Å²) >= 11 is 0. The van der Waals surface area contributed by atoms with Gasteiger partial charge in [-0.15, -0.1) is 0 Å². The average Bonchev–Trinajstić information content (AvgIpc) is 2.91. The van der Waals surface area contributed by atoms with Crippen molar-refractivity contribution in [2.45, 2.75) is 58.2 Å². The van der Waals surface area contributed by atoms with Crippen molar-refractivity contribution < 1.29 is 27.4 Å². The van der Waals surface area contributed by atoms with Crippen molar-refractivity contribution in [3.63, 3.8) is 0 Å². The summed E-state index contributed by atoms with van der Waals surface area (Å²) < 4.78 is 43.3. The lowest BCUT2D eigenvalue weighted by Gasteiger charge is -2.25. The summed E-state index contributed by atoms with van der Waals surface area (Å²) in [5.41, 5.74) is 8.48. The second-order valence-electron chi connectivity index (χ2n) is 9.20. The van der Waals surface area contributed by atoms with E-state index in [1.54, 1.807) is 14.2 Å². The van der Waals surface area contributed by atoms with Crippen LogP contribution in [0.25, 0.3) is 0 Å². The molecule has 0 amide bonds. The molecule has 10 heteroatoms. The summed E-state index contributed by atoms with van der Waals surface area (Å²) in [5.74, 6) is 0.591. The fraction of sp³-hybridized carbons (Fsp3) is 0.536. The van der Waals surface area contributed by atoms with E-state index in [4.69, 9.17) is 19.9 Å². The zero-order chi connectivity index (χ0) is 28.0. The number of benzene rings is 2. The number of nitrogens with zero attached hydrogens (tertiary/aromatic N) is 1. The average molecular weight is 550 g/mol. The first kappa shape index (κ1) is 31.6. The van der Waals surface area contributed by atoms with Crippen molar-refractivity contribution in [1.82, 2.24) is 9.62 Å². The van der Waals surface area contributed by atoms with Crippen LogP contribution in [-0.2, 0) is 32.5 Å². The highest BCUT2D eigenvalue weighted by molar-refractivity contribution is 7.89. The second-order valence-corrected chi connectivity index (χ2v) is 11.3. The third kappa shape index (κ3) is 10.6. The second kappa shape index (κ2) is 16.3. The van der Waals surface area contributed by atoms with Gasteiger partial charge < -0.3 is 25.3 Å². The van der Waals surface area contributed by atoms with Crippen LogP contribution in [0.5, 0.6) is 11.5 Å². The van der Waals surface area contributed by atoms with Gasteiger partial charge in [-0.3, -0.25) is 4.79 Å². The molecule has 0 spiro atoms. The molecule has 0 aliphatic heterocycles. The highest BCUT2D eigenvalue weighted by atomic mass is 32.2. The highest BCUT2D eigenvalue weighted by Gasteiger charge is 2.26. The number of ether oxygens (including phenoxy) is 3. The summed E-state index contributed by atoms with van der Waals surface area (Å²) in [7, 11) is -0.340. The molecular formula is C28H43N3O6S. The number of rotatable bonds is 18. The van der Waals surface area contributed by atoms with Crippen LogP contribution in [0.15, 0.2) is 48.5 Å². The van der Waals surface area contributed by atoms with Gasteiger partial charge in [-0.05, 0) is 54.7 Å². The molecule has 38 heavy (non-hydrogen) atoms. The van der Waals surface area contributed by atoms with E-state index in [-0.39, 0.29) is 12.2 Å². The molecule has 2 atom stereocenters. The van der Waals surface area contributed by atoms with Gasteiger partial charge in [-0.1, -0.05) is 38.1 Å². The van der Waals surface area contributed by atoms with Gasteiger partial charge in [0.05, 0.1) is 26.4 Å². The number of hydrogen-bond donors (Lipinski definition) is 2. The lowest BCUT2D eigenvalue weighted by molar-refractivity contribution is -0.149. The summed E-state index contributed by atoms with van der Waals surface area (Å²) in [6, 6.07) is 14.7. The number of carbonyl (C=O) groups excluding carboxylic acids is 1. The van der Waals surface area contributed by atoms with E-state index < -0.39 is 28.1 Å². The lowest BCUT2D eigenvalue weighted by Crippen LogP contribution is -2.46. The van der Waals surface area contributed by atoms with Gasteiger partial charge in [-0.25, -0.2) is 12.7 Å². The van der Waals surface area contributed by atoms with Crippen LogP contribution in [0, 0.1) is 0 Å². The predicted molar refractivity (Wildman–Crippen MR) is 150 cm³/mol. The molecule has 2 aromatic carbocycles. The molecule has 2 aromatic rings. The molecule has 2 rings (SSSR count). The smallest absolute Gasteiger partial charge is 0.307 e. The van der Waals surface area contributed by atoms with Gasteiger partial charge in [0.2, 0.25) is 10.0 Å². The normalized spacial score (nSPS) is 13.2. The van der Waals surface area contributed by atoms with Gasteiger partial charge in [0.15, 0.2) is 0 Å². The van der Waals surface area contributed by atoms with Crippen LogP contribution in [0.2, 0.25) is 0 Å². The monoisotopic (exact) mass is 549 g/mol. The number of nitrogens with two attached hydrogens (primary N) is 1. The zero-order valence-electron chi connectivity index (χ0n) is 23.0. The quantitative estimate of drug-likeness (QED) is 0.272. The van der Waals surface area contributed by atoms with E-state index in [1.807, 2.05) is 62.4 Å². The molecule has 0 bridgehead atoms. The summed E-state index contributed by atoms with van der Waals surface area (Å²) in [6.07, 6.45) is 0.983. The van der Waals surface area contributed by atoms with Crippen LogP contribution >= 0.6 is 0 Å². The van der Waals surface area contributed by atoms with Crippen molar-refractivity contribution in [3.05, 3.63) is 59.7 Å². The molecule has 0 fully saturated rings. The van der Waals surface area contributed by atoms with E-state index in [0.29, 0.717) is 51.2 Å². The fourth-order valence-electron chi connectivity index (χ4n) is 4.08. The topological polar surface area (TPSA) is 120 Å². The minimum Gasteiger partial charge on any atom is -0.497 e. The molecule has 0 aliphatic rings. The Labute approximate surface area is 227 Å². The Morgan fingerprint density at radius 1 is 0.974 bits per heavy atom. The van der Waals surface area contributed by atoms with Crippen LogP contribution in [-0.4, -0.2) is 70.4 Å². The first-order chi connectivity index (χ1) is 18.2. The van der Waals surface area contributed by atoms with Crippen molar-refractivity contribution >= 4 is 16.0 Å². The van der Waals surface area contributed by atoms with Crippen LogP contribution < -0.4 is 20.5 Å². The minimum atomic E-state index is -3.55. The SMILES string of the molecule is CCCN(CCC)S(=O)(=O)CCC(=O)OC(CNCc1cccc(OC)c1)C(N)Cc1cccc(OC)c1. The molecule has 0 saturated carbocycles. The molecular weight excluding hydrogens is 506 g/mol. The Kier molecular flexibility index (Phi) is 13.6. The van der Waals surface area contributed by atoms with Gasteiger partial charge in [0.1, 0.15) is 17.6 Å². The first-order valence-corrected chi connectivity index (χ1v) is 14.7. The third-order valence-corrected chi connectivity index (χ3v) is 7.95. The number of nitrogens with one attached hydrogen (secondary N) is 1. The molecule has 0 saturated heterocycles. The van der Waals surface area contributed by atoms with E-state index >= 15 is 0 Å². The molecule has 3 N–H and O–H groups in total. The molecule has 0 heterocycles. The van der Waals surface area contributed by atoms with E-state index in [0.717, 1.165) is 16.9 Å². The van der Waals surface area contributed by atoms with Crippen LogP contribution in [0.3, 0.4) is 0 Å². The number of carbonyl (C=O) groups is 1. The van der Waals surface area contributed by atoms with Crippen molar-refractivity contribution in [2.75, 3.05) is 39.6 Å². The maximum atomic E-state index is 12.8. The van der Waals surface area contributed by atoms with Crippen LogP contribution in [0.1, 0.15) is 44.2 Å². The maximum Gasteiger partial charge on any atom is 0.307 e. The van der Waals surface area contributed by atoms with Crippen LogP contribution in [0.4, 0.5) is 0 Å². The molecule has 0 aromatic heterocycles. The van der Waals surface area contributed by atoms with E-state index in [9.17, 15) is 13.2 Å². The van der Waals surface area contributed by atoms with Crippen molar-refractivity contribution in [1.29, 1.82) is 0 Å². The predicted octanol–water partition coefficient (Wildman–Crippen LogP) is 3.12. The molecule has 0 aliphatic carbocycles. The van der Waals surface area contributed by atoms with Crippen molar-refractivity contribution in [2.24, 2.45) is 5.73 Å². The molecule has 2 unspecified atom stereocenters. The Morgan fingerprint density at radius 3 is 2.13 bits per heavy atom. The number of hydrogen-bond acceptors (Lipinski definition) is 8. The first-order valence-electron chi connectivity index (χ1n) is 13.1. The lowest BCUT2D eigenvalue weighted by atomic mass is 10.0. The van der Waals surface area contributed by atoms with Gasteiger partial charge in [-0.2, -0.15) is 0 Å². The summed E-state index contributed by atoms with van der Waals surface area (Å²) in [5, 5.41) is 3.31. The van der Waals surface area contributed by atoms with Gasteiger partial charge in [0.25, 0.3) is 0 Å². The zero-order valence-corrected chi connectivity index (χ0v) is 23.8. The molecule has 212 valence electrons. The summed E-state index contributed by atoms with van der Waals surface area (Å²) in [4.78, 5) is 12.8. The number of methoxy groups -OCH3 is 2. The molecule has 0 radical (unpaired) electrons. The largest absolute Gasteiger partial charge is 0.497 e. The Morgan fingerprint density at radius 2 is 1.55 bits per heavy atom. The van der Waals surface area contributed by atoms with Crippen molar-refractivity contribution in [3.8, 4) is 11.5 Å². The minimum absolute atomic E-state index is 0.232. The number of sulfonamides is 1. The Hall–Kier alpha value is -2.66. The maximum absolute atomic E-state index is 12.8. The Balaban J connectivity index is 2.06. The van der Waals surface area contributed by atoms with E-state index in [2.05, 4.69) is 5.32 Å². The Bertz CT molecular complexity index is 1090. The van der Waals surface area contributed by atoms with E-state index in [1.165, 1.54) is 4.31 Å². The summed E-state index contributed by atoms with van der Waals surface area (Å²) in [6.45, 7) is 5.56. The molecule has 9 nitrogen and oxygen atoms in total. The standard InChI is InChI=1S/C28H43N3O6S/c1-5-14-31(15-6-2)38(33,34)16-13-28(32)37-27(21-30-20-23-10-8-12-25(18-23)36-4)26(29)19-22-9-7-11-24(17-22)35-3/h7-12,17-18,26-27,30H,5-6,13-16,19-21,29H2,1-4H3. The van der Waals surface area contributed by atoms with Gasteiger partial charge >= 0.3 is 5.97 Å². The van der Waals surface area contributed by atoms with Gasteiger partial charge in [0, 0.05) is 32.2 Å². The highest BCUT2D eigenvalue weighted by Crippen LogP contribution is 2.16.